The monoisotopic (exact) mass is 359 g/mol. The van der Waals surface area contributed by atoms with E-state index in [-0.39, 0.29) is 16.5 Å². The Kier molecular flexibility index (Phi) is 5.78. The molecule has 0 atom stereocenters. The van der Waals surface area contributed by atoms with Crippen molar-refractivity contribution in [3.05, 3.63) is 62.3 Å². The van der Waals surface area contributed by atoms with E-state index in [9.17, 15) is 14.9 Å². The molecule has 0 radical (unpaired) electrons. The maximum atomic E-state index is 12.3. The number of nitro groups is 1. The molecule has 0 aliphatic carbocycles. The number of rotatable bonds is 6. The van der Waals surface area contributed by atoms with Crippen LogP contribution in [0.4, 0.5) is 5.69 Å². The van der Waals surface area contributed by atoms with Crippen LogP contribution in [0.2, 0.25) is 0 Å². The Morgan fingerprint density at radius 1 is 1.16 bits per heavy atom. The summed E-state index contributed by atoms with van der Waals surface area (Å²) in [5, 5.41) is 15.0. The average molecular weight is 359 g/mol. The molecule has 2 heterocycles. The van der Waals surface area contributed by atoms with Crippen LogP contribution >= 0.6 is 11.3 Å². The molecular weight excluding hydrogens is 338 g/mol. The van der Waals surface area contributed by atoms with Crippen molar-refractivity contribution in [2.75, 3.05) is 26.2 Å². The van der Waals surface area contributed by atoms with E-state index in [4.69, 9.17) is 0 Å². The third-order valence-electron chi connectivity index (χ3n) is 4.46. The lowest BCUT2D eigenvalue weighted by molar-refractivity contribution is -0.384. The molecule has 6 nitrogen and oxygen atoms in total. The zero-order valence-corrected chi connectivity index (χ0v) is 14.8. The number of hydrogen-bond donors (Lipinski definition) is 0. The topological polar surface area (TPSA) is 66.7 Å². The molecular formula is C18H21N3O3S. The van der Waals surface area contributed by atoms with E-state index in [2.05, 4.69) is 16.3 Å². The molecule has 25 heavy (non-hydrogen) atoms. The van der Waals surface area contributed by atoms with Crippen LogP contribution in [-0.4, -0.2) is 46.8 Å². The fourth-order valence-corrected chi connectivity index (χ4v) is 3.73. The number of non-ortho nitro benzene ring substituents is 1. The summed E-state index contributed by atoms with van der Waals surface area (Å²) in [6, 6.07) is 8.82. The van der Waals surface area contributed by atoms with Crippen LogP contribution in [0, 0.1) is 10.1 Å². The SMILES string of the molecule is O=C(CCc1ccsc1)N1CCN(Cc2cccc([N+](=O)[O-])c2)CC1. The van der Waals surface area contributed by atoms with Gasteiger partial charge in [-0.05, 0) is 34.4 Å². The highest BCUT2D eigenvalue weighted by Crippen LogP contribution is 2.16. The molecule has 0 saturated carbocycles. The molecule has 1 amide bonds. The van der Waals surface area contributed by atoms with Gasteiger partial charge in [0.05, 0.1) is 4.92 Å². The fourth-order valence-electron chi connectivity index (χ4n) is 3.03. The molecule has 0 N–H and O–H groups in total. The lowest BCUT2D eigenvalue weighted by atomic mass is 10.1. The van der Waals surface area contributed by atoms with Gasteiger partial charge in [-0.25, -0.2) is 0 Å². The van der Waals surface area contributed by atoms with E-state index >= 15 is 0 Å². The van der Waals surface area contributed by atoms with Crippen molar-refractivity contribution in [3.63, 3.8) is 0 Å². The normalized spacial score (nSPS) is 15.3. The molecule has 3 rings (SSSR count). The summed E-state index contributed by atoms with van der Waals surface area (Å²) >= 11 is 1.66. The summed E-state index contributed by atoms with van der Waals surface area (Å²) in [5.41, 5.74) is 2.29. The van der Waals surface area contributed by atoms with Crippen molar-refractivity contribution >= 4 is 22.9 Å². The maximum Gasteiger partial charge on any atom is 0.269 e. The Labute approximate surface area is 150 Å². The molecule has 132 valence electrons. The van der Waals surface area contributed by atoms with Gasteiger partial charge in [-0.3, -0.25) is 19.8 Å². The summed E-state index contributed by atoms with van der Waals surface area (Å²) in [6.07, 6.45) is 1.36. The van der Waals surface area contributed by atoms with Crippen molar-refractivity contribution in [3.8, 4) is 0 Å². The largest absolute Gasteiger partial charge is 0.340 e. The predicted molar refractivity (Wildman–Crippen MR) is 97.6 cm³/mol. The molecule has 1 aromatic heterocycles. The Morgan fingerprint density at radius 2 is 1.96 bits per heavy atom. The smallest absolute Gasteiger partial charge is 0.269 e. The van der Waals surface area contributed by atoms with E-state index in [1.54, 1.807) is 23.5 Å². The van der Waals surface area contributed by atoms with Crippen molar-refractivity contribution in [1.29, 1.82) is 0 Å². The van der Waals surface area contributed by atoms with Crippen molar-refractivity contribution in [1.82, 2.24) is 9.80 Å². The lowest BCUT2D eigenvalue weighted by Crippen LogP contribution is -2.48. The van der Waals surface area contributed by atoms with Crippen LogP contribution in [0.5, 0.6) is 0 Å². The lowest BCUT2D eigenvalue weighted by Gasteiger charge is -2.34. The number of benzene rings is 1. The van der Waals surface area contributed by atoms with E-state index in [1.807, 2.05) is 16.3 Å². The average Bonchev–Trinajstić information content (AvgIpc) is 3.14. The number of nitrogens with zero attached hydrogens (tertiary/aromatic N) is 3. The number of nitro benzene ring substituents is 1. The van der Waals surface area contributed by atoms with Gasteiger partial charge in [0.1, 0.15) is 0 Å². The molecule has 0 bridgehead atoms. The van der Waals surface area contributed by atoms with Crippen LogP contribution in [0.25, 0.3) is 0 Å². The van der Waals surface area contributed by atoms with Gasteiger partial charge < -0.3 is 4.90 Å². The van der Waals surface area contributed by atoms with Gasteiger partial charge in [0.2, 0.25) is 5.91 Å². The van der Waals surface area contributed by atoms with Crippen molar-refractivity contribution in [2.24, 2.45) is 0 Å². The van der Waals surface area contributed by atoms with E-state index < -0.39 is 0 Å². The van der Waals surface area contributed by atoms with Crippen LogP contribution in [0.3, 0.4) is 0 Å². The molecule has 7 heteroatoms. The summed E-state index contributed by atoms with van der Waals surface area (Å²) in [7, 11) is 0. The molecule has 0 unspecified atom stereocenters. The summed E-state index contributed by atoms with van der Waals surface area (Å²) in [6.45, 7) is 3.72. The summed E-state index contributed by atoms with van der Waals surface area (Å²) in [5.74, 6) is 0.209. The highest BCUT2D eigenvalue weighted by Gasteiger charge is 2.21. The first-order chi connectivity index (χ1) is 12.1. The van der Waals surface area contributed by atoms with Gasteiger partial charge in [-0.1, -0.05) is 12.1 Å². The number of carbonyl (C=O) groups excluding carboxylic acids is 1. The Bertz CT molecular complexity index is 725. The predicted octanol–water partition coefficient (Wildman–Crippen LogP) is 2.93. The number of hydrogen-bond acceptors (Lipinski definition) is 5. The minimum atomic E-state index is -0.367. The van der Waals surface area contributed by atoms with Crippen molar-refractivity contribution in [2.45, 2.75) is 19.4 Å². The van der Waals surface area contributed by atoms with Gasteiger partial charge >= 0.3 is 0 Å². The minimum absolute atomic E-state index is 0.125. The minimum Gasteiger partial charge on any atom is -0.340 e. The third kappa shape index (κ3) is 4.87. The third-order valence-corrected chi connectivity index (χ3v) is 5.19. The second-order valence-electron chi connectivity index (χ2n) is 6.22. The fraction of sp³-hybridized carbons (Fsp3) is 0.389. The second-order valence-corrected chi connectivity index (χ2v) is 7.00. The quantitative estimate of drug-likeness (QED) is 0.587. The molecule has 1 aromatic carbocycles. The summed E-state index contributed by atoms with van der Waals surface area (Å²) in [4.78, 5) is 27.0. The highest BCUT2D eigenvalue weighted by atomic mass is 32.1. The number of aryl methyl sites for hydroxylation is 1. The van der Waals surface area contributed by atoms with E-state index in [1.165, 1.54) is 11.6 Å². The molecule has 1 fully saturated rings. The molecule has 1 saturated heterocycles. The first-order valence-corrected chi connectivity index (χ1v) is 9.30. The highest BCUT2D eigenvalue weighted by molar-refractivity contribution is 7.07. The molecule has 0 spiro atoms. The molecule has 2 aromatic rings. The van der Waals surface area contributed by atoms with E-state index in [0.29, 0.717) is 13.0 Å². The van der Waals surface area contributed by atoms with Crippen LogP contribution < -0.4 is 0 Å². The van der Waals surface area contributed by atoms with Gasteiger partial charge in [-0.2, -0.15) is 11.3 Å². The second kappa shape index (κ2) is 8.22. The standard InChI is InChI=1S/C18H21N3O3S/c22-18(5-4-15-6-11-25-14-15)20-9-7-19(8-10-20)13-16-2-1-3-17(12-16)21(23)24/h1-3,6,11-12,14H,4-5,7-10,13H2. The van der Waals surface area contributed by atoms with Crippen LogP contribution in [0.1, 0.15) is 17.5 Å². The van der Waals surface area contributed by atoms with Gasteiger partial charge in [-0.15, -0.1) is 0 Å². The summed E-state index contributed by atoms with van der Waals surface area (Å²) < 4.78 is 0. The van der Waals surface area contributed by atoms with E-state index in [0.717, 1.165) is 38.2 Å². The van der Waals surface area contributed by atoms with Gasteiger partial charge in [0.15, 0.2) is 0 Å². The van der Waals surface area contributed by atoms with Crippen LogP contribution in [0.15, 0.2) is 41.1 Å². The number of carbonyl (C=O) groups is 1. The van der Waals surface area contributed by atoms with Gasteiger partial charge in [0.25, 0.3) is 5.69 Å². The number of thiophene rings is 1. The van der Waals surface area contributed by atoms with Crippen LogP contribution in [-0.2, 0) is 17.8 Å². The Hall–Kier alpha value is -2.25. The molecule has 1 aliphatic rings. The van der Waals surface area contributed by atoms with Crippen molar-refractivity contribution < 1.29 is 9.72 Å². The number of piperazine rings is 1. The Balaban J connectivity index is 1.46. The first kappa shape index (κ1) is 17.6. The zero-order chi connectivity index (χ0) is 17.6. The maximum absolute atomic E-state index is 12.3. The number of amides is 1. The van der Waals surface area contributed by atoms with Gasteiger partial charge in [0, 0.05) is 51.3 Å². The molecule has 1 aliphatic heterocycles. The Morgan fingerprint density at radius 3 is 2.64 bits per heavy atom. The zero-order valence-electron chi connectivity index (χ0n) is 14.0. The first-order valence-electron chi connectivity index (χ1n) is 8.36.